The maximum absolute atomic E-state index is 13.1. The van der Waals surface area contributed by atoms with E-state index in [1.807, 2.05) is 24.3 Å². The predicted octanol–water partition coefficient (Wildman–Crippen LogP) is 4.57. The predicted molar refractivity (Wildman–Crippen MR) is 111 cm³/mol. The summed E-state index contributed by atoms with van der Waals surface area (Å²) in [7, 11) is 1.64. The zero-order valence-corrected chi connectivity index (χ0v) is 17.5. The SMILES string of the molecule is CCOC(=O)C1(C(=O)OCC)C/C(=C/c2ccc(OC)cc2)[C@@H]2C=CCCC[C@H]21. The van der Waals surface area contributed by atoms with Crippen LogP contribution in [0.2, 0.25) is 0 Å². The third-order valence-corrected chi connectivity index (χ3v) is 5.95. The minimum atomic E-state index is -1.27. The van der Waals surface area contributed by atoms with Crippen LogP contribution in [-0.2, 0) is 19.1 Å². The minimum absolute atomic E-state index is 0.0217. The maximum atomic E-state index is 13.1. The molecule has 1 saturated carbocycles. The first-order valence-corrected chi connectivity index (χ1v) is 10.4. The third kappa shape index (κ3) is 4.09. The van der Waals surface area contributed by atoms with E-state index < -0.39 is 17.4 Å². The Morgan fingerprint density at radius 2 is 1.76 bits per heavy atom. The number of rotatable bonds is 6. The molecule has 0 amide bonds. The van der Waals surface area contributed by atoms with Crippen LogP contribution in [0.15, 0.2) is 42.0 Å². The number of esters is 2. The maximum Gasteiger partial charge on any atom is 0.324 e. The molecule has 1 fully saturated rings. The summed E-state index contributed by atoms with van der Waals surface area (Å²) in [4.78, 5) is 26.3. The molecule has 0 spiro atoms. The highest BCUT2D eigenvalue weighted by molar-refractivity contribution is 6.02. The van der Waals surface area contributed by atoms with Gasteiger partial charge in [0.05, 0.1) is 20.3 Å². The molecule has 29 heavy (non-hydrogen) atoms. The fourth-order valence-corrected chi connectivity index (χ4v) is 4.63. The molecule has 5 heteroatoms. The molecule has 0 N–H and O–H groups in total. The summed E-state index contributed by atoms with van der Waals surface area (Å²) in [6, 6.07) is 7.78. The molecule has 0 saturated heterocycles. The van der Waals surface area contributed by atoms with Crippen molar-refractivity contribution in [3.8, 4) is 5.75 Å². The van der Waals surface area contributed by atoms with Crippen molar-refractivity contribution in [2.45, 2.75) is 39.5 Å². The van der Waals surface area contributed by atoms with Gasteiger partial charge in [0.2, 0.25) is 0 Å². The summed E-state index contributed by atoms with van der Waals surface area (Å²) in [6.45, 7) is 4.02. The number of hydrogen-bond donors (Lipinski definition) is 0. The molecule has 1 aromatic rings. The lowest BCUT2D eigenvalue weighted by Gasteiger charge is -2.31. The zero-order chi connectivity index (χ0) is 20.9. The first-order chi connectivity index (χ1) is 14.1. The van der Waals surface area contributed by atoms with Crippen LogP contribution in [0, 0.1) is 17.3 Å². The number of allylic oxidation sites excluding steroid dienone is 3. The van der Waals surface area contributed by atoms with Crippen LogP contribution >= 0.6 is 0 Å². The molecule has 156 valence electrons. The highest BCUT2D eigenvalue weighted by Crippen LogP contribution is 2.55. The van der Waals surface area contributed by atoms with Gasteiger partial charge in [-0.3, -0.25) is 9.59 Å². The molecular weight excluding hydrogens is 368 g/mol. The van der Waals surface area contributed by atoms with Crippen LogP contribution in [0.4, 0.5) is 0 Å². The Kier molecular flexibility index (Phi) is 6.78. The van der Waals surface area contributed by atoms with Gasteiger partial charge in [-0.25, -0.2) is 0 Å². The number of methoxy groups -OCH3 is 1. The quantitative estimate of drug-likeness (QED) is 0.399. The molecule has 2 aliphatic rings. The van der Waals surface area contributed by atoms with Gasteiger partial charge in [0.1, 0.15) is 5.75 Å². The van der Waals surface area contributed by atoms with E-state index in [9.17, 15) is 9.59 Å². The minimum Gasteiger partial charge on any atom is -0.497 e. The van der Waals surface area contributed by atoms with Gasteiger partial charge in [0, 0.05) is 5.92 Å². The van der Waals surface area contributed by atoms with Gasteiger partial charge >= 0.3 is 11.9 Å². The number of carbonyl (C=O) groups excluding carboxylic acids is 2. The van der Waals surface area contributed by atoms with Crippen molar-refractivity contribution in [1.82, 2.24) is 0 Å². The summed E-state index contributed by atoms with van der Waals surface area (Å²) in [5, 5.41) is 0. The lowest BCUT2D eigenvalue weighted by atomic mass is 9.73. The van der Waals surface area contributed by atoms with Crippen molar-refractivity contribution in [1.29, 1.82) is 0 Å². The van der Waals surface area contributed by atoms with E-state index in [1.165, 1.54) is 0 Å². The number of benzene rings is 1. The van der Waals surface area contributed by atoms with E-state index in [0.29, 0.717) is 6.42 Å². The third-order valence-electron chi connectivity index (χ3n) is 5.95. The molecular formula is C24H30O5. The van der Waals surface area contributed by atoms with E-state index in [2.05, 4.69) is 18.2 Å². The molecule has 0 heterocycles. The second-order valence-corrected chi connectivity index (χ2v) is 7.57. The second-order valence-electron chi connectivity index (χ2n) is 7.57. The monoisotopic (exact) mass is 398 g/mol. The highest BCUT2D eigenvalue weighted by atomic mass is 16.6. The number of hydrogen-bond acceptors (Lipinski definition) is 5. The molecule has 0 radical (unpaired) electrons. The standard InChI is InChI=1S/C24H30O5/c1-4-28-22(25)24(23(26)29-5-2)16-18(20-9-7-6-8-10-21(20)24)15-17-11-13-19(27-3)14-12-17/h7,9,11-15,20-21H,4-6,8,10,16H2,1-3H3/b18-15-/t20-,21+/m0/s1. The molecule has 0 aromatic heterocycles. The lowest BCUT2D eigenvalue weighted by Crippen LogP contribution is -2.46. The van der Waals surface area contributed by atoms with Crippen molar-refractivity contribution in [3.63, 3.8) is 0 Å². The van der Waals surface area contributed by atoms with Crippen molar-refractivity contribution in [2.75, 3.05) is 20.3 Å². The summed E-state index contributed by atoms with van der Waals surface area (Å²) in [6.07, 6.45) is 9.42. The Labute approximate surface area is 172 Å². The van der Waals surface area contributed by atoms with Crippen molar-refractivity contribution in [2.24, 2.45) is 17.3 Å². The first-order valence-electron chi connectivity index (χ1n) is 10.4. The van der Waals surface area contributed by atoms with Crippen LogP contribution in [0.1, 0.15) is 45.1 Å². The summed E-state index contributed by atoms with van der Waals surface area (Å²) >= 11 is 0. The molecule has 3 rings (SSSR count). The van der Waals surface area contributed by atoms with Gasteiger partial charge in [0.25, 0.3) is 0 Å². The van der Waals surface area contributed by atoms with E-state index in [1.54, 1.807) is 21.0 Å². The fraction of sp³-hybridized carbons (Fsp3) is 0.500. The molecule has 0 bridgehead atoms. The number of fused-ring (bicyclic) bond motifs is 1. The summed E-state index contributed by atoms with van der Waals surface area (Å²) in [5.41, 5.74) is 0.809. The molecule has 2 aliphatic carbocycles. The average molecular weight is 398 g/mol. The van der Waals surface area contributed by atoms with Crippen LogP contribution in [0.3, 0.4) is 0 Å². The van der Waals surface area contributed by atoms with Gasteiger partial charge in [0.15, 0.2) is 5.41 Å². The van der Waals surface area contributed by atoms with Gasteiger partial charge < -0.3 is 14.2 Å². The Balaban J connectivity index is 2.06. The van der Waals surface area contributed by atoms with Crippen LogP contribution in [-0.4, -0.2) is 32.3 Å². The fourth-order valence-electron chi connectivity index (χ4n) is 4.63. The second kappa shape index (κ2) is 9.29. The molecule has 0 unspecified atom stereocenters. The van der Waals surface area contributed by atoms with E-state index >= 15 is 0 Å². The summed E-state index contributed by atoms with van der Waals surface area (Å²) < 4.78 is 16.1. The van der Waals surface area contributed by atoms with Gasteiger partial charge in [-0.1, -0.05) is 35.9 Å². The molecule has 1 aromatic carbocycles. The van der Waals surface area contributed by atoms with Crippen LogP contribution < -0.4 is 4.74 Å². The van der Waals surface area contributed by atoms with Gasteiger partial charge in [-0.05, 0) is 63.1 Å². The van der Waals surface area contributed by atoms with Gasteiger partial charge in [-0.15, -0.1) is 0 Å². The van der Waals surface area contributed by atoms with Crippen molar-refractivity contribution >= 4 is 18.0 Å². The molecule has 0 aliphatic heterocycles. The van der Waals surface area contributed by atoms with Crippen molar-refractivity contribution in [3.05, 3.63) is 47.6 Å². The summed E-state index contributed by atoms with van der Waals surface area (Å²) in [5.74, 6) is -0.251. The Hall–Kier alpha value is -2.56. The topological polar surface area (TPSA) is 61.8 Å². The molecule has 2 atom stereocenters. The average Bonchev–Trinajstić information content (AvgIpc) is 2.87. The Morgan fingerprint density at radius 3 is 2.34 bits per heavy atom. The van der Waals surface area contributed by atoms with Gasteiger partial charge in [-0.2, -0.15) is 0 Å². The van der Waals surface area contributed by atoms with Crippen LogP contribution in [0.25, 0.3) is 6.08 Å². The largest absolute Gasteiger partial charge is 0.497 e. The Bertz CT molecular complexity index is 772. The van der Waals surface area contributed by atoms with Crippen molar-refractivity contribution < 1.29 is 23.8 Å². The van der Waals surface area contributed by atoms with E-state index in [4.69, 9.17) is 14.2 Å². The van der Waals surface area contributed by atoms with E-state index in [0.717, 1.165) is 36.1 Å². The first kappa shape index (κ1) is 21.2. The number of ether oxygens (including phenoxy) is 3. The zero-order valence-electron chi connectivity index (χ0n) is 17.5. The Morgan fingerprint density at radius 1 is 1.10 bits per heavy atom. The van der Waals surface area contributed by atoms with Crippen LogP contribution in [0.5, 0.6) is 5.75 Å². The smallest absolute Gasteiger partial charge is 0.324 e. The molecule has 5 nitrogen and oxygen atoms in total. The number of carbonyl (C=O) groups is 2. The van der Waals surface area contributed by atoms with E-state index in [-0.39, 0.29) is 25.0 Å². The normalized spacial score (nSPS) is 23.9. The highest BCUT2D eigenvalue weighted by Gasteiger charge is 2.61. The lowest BCUT2D eigenvalue weighted by molar-refractivity contribution is -0.175.